The minimum atomic E-state index is -4.58. The van der Waals surface area contributed by atoms with Crippen molar-refractivity contribution in [3.05, 3.63) is 106 Å². The second-order valence-corrected chi connectivity index (χ2v) is 9.97. The lowest BCUT2D eigenvalue weighted by atomic mass is 9.89. The molecule has 196 valence electrons. The second-order valence-electron chi connectivity index (χ2n) is 9.97. The number of carbonyl (C=O) groups excluding carboxylic acids is 1. The number of amides is 1. The molecule has 8 heteroatoms. The third kappa shape index (κ3) is 4.47. The van der Waals surface area contributed by atoms with Gasteiger partial charge in [0.15, 0.2) is 0 Å². The zero-order valence-electron chi connectivity index (χ0n) is 20.4. The maximum Gasteiger partial charge on any atom is 0.416 e. The summed E-state index contributed by atoms with van der Waals surface area (Å²) in [5, 5.41) is 0. The summed E-state index contributed by atoms with van der Waals surface area (Å²) in [4.78, 5) is 14.9. The summed E-state index contributed by atoms with van der Waals surface area (Å²) in [5.74, 6) is -0.791. The molecule has 0 N–H and O–H groups in total. The van der Waals surface area contributed by atoms with Gasteiger partial charge in [-0.25, -0.2) is 9.18 Å². The lowest BCUT2D eigenvalue weighted by molar-refractivity contribution is -0.138. The molecule has 0 saturated carbocycles. The van der Waals surface area contributed by atoms with Gasteiger partial charge in [0, 0.05) is 5.92 Å². The highest BCUT2D eigenvalue weighted by atomic mass is 19.4. The fraction of sp³-hybridized carbons (Fsp3) is 0.300. The Morgan fingerprint density at radius 3 is 2.32 bits per heavy atom. The van der Waals surface area contributed by atoms with E-state index in [1.54, 1.807) is 11.0 Å². The molecule has 1 aliphatic carbocycles. The molecule has 0 aromatic heterocycles. The highest BCUT2D eigenvalue weighted by molar-refractivity contribution is 5.79. The van der Waals surface area contributed by atoms with Crippen molar-refractivity contribution in [1.82, 2.24) is 4.90 Å². The first-order chi connectivity index (χ1) is 18.3. The first-order valence-electron chi connectivity index (χ1n) is 12.6. The van der Waals surface area contributed by atoms with E-state index in [2.05, 4.69) is 12.1 Å². The predicted octanol–water partition coefficient (Wildman–Crippen LogP) is 6.74. The van der Waals surface area contributed by atoms with Crippen molar-refractivity contribution in [2.45, 2.75) is 37.0 Å². The number of alkyl halides is 3. The summed E-state index contributed by atoms with van der Waals surface area (Å²) in [6.45, 7) is 0.658. The smallest absolute Gasteiger partial charge is 0.416 e. The first-order valence-corrected chi connectivity index (χ1v) is 12.6. The molecular weight excluding hydrogens is 498 g/mol. The number of hydrogen-bond donors (Lipinski definition) is 0. The van der Waals surface area contributed by atoms with Crippen LogP contribution < -0.4 is 0 Å². The van der Waals surface area contributed by atoms with Gasteiger partial charge in [-0.15, -0.1) is 0 Å². The van der Waals surface area contributed by atoms with Crippen LogP contribution in [0, 0.1) is 5.82 Å². The minimum Gasteiger partial charge on any atom is -0.448 e. The third-order valence-electron chi connectivity index (χ3n) is 7.61. The number of morpholine rings is 1. The molecule has 38 heavy (non-hydrogen) atoms. The van der Waals surface area contributed by atoms with Crippen LogP contribution in [0.3, 0.4) is 0 Å². The van der Waals surface area contributed by atoms with Gasteiger partial charge in [-0.2, -0.15) is 13.2 Å². The lowest BCUT2D eigenvalue weighted by Gasteiger charge is -2.44. The van der Waals surface area contributed by atoms with E-state index in [9.17, 15) is 22.4 Å². The van der Waals surface area contributed by atoms with Crippen LogP contribution in [0.1, 0.15) is 34.6 Å². The molecule has 2 atom stereocenters. The Morgan fingerprint density at radius 1 is 0.974 bits per heavy atom. The Hall–Kier alpha value is -3.65. The molecular formula is C30H25F4NO3. The van der Waals surface area contributed by atoms with E-state index in [0.29, 0.717) is 6.42 Å². The minimum absolute atomic E-state index is 0.0435. The van der Waals surface area contributed by atoms with Crippen molar-refractivity contribution in [2.75, 3.05) is 19.8 Å². The molecule has 0 radical (unpaired) electrons. The van der Waals surface area contributed by atoms with Gasteiger partial charge in [0.25, 0.3) is 0 Å². The Labute approximate surface area is 217 Å². The number of rotatable bonds is 4. The Balaban J connectivity index is 1.20. The fourth-order valence-electron chi connectivity index (χ4n) is 6.00. The van der Waals surface area contributed by atoms with Gasteiger partial charge in [-0.05, 0) is 58.9 Å². The van der Waals surface area contributed by atoms with Crippen molar-refractivity contribution in [2.24, 2.45) is 0 Å². The molecule has 3 aromatic carbocycles. The van der Waals surface area contributed by atoms with Gasteiger partial charge in [-0.3, -0.25) is 4.90 Å². The normalized spacial score (nSPS) is 20.5. The van der Waals surface area contributed by atoms with E-state index < -0.39 is 29.7 Å². The molecule has 2 heterocycles. The van der Waals surface area contributed by atoms with Crippen LogP contribution in [0.25, 0.3) is 11.1 Å². The molecule has 1 amide bonds. The molecule has 1 fully saturated rings. The summed E-state index contributed by atoms with van der Waals surface area (Å²) in [6, 6.07) is 17.9. The summed E-state index contributed by atoms with van der Waals surface area (Å²) in [7, 11) is 0. The number of fused-ring (bicyclic) bond motifs is 5. The van der Waals surface area contributed by atoms with Crippen LogP contribution in [-0.2, 0) is 22.1 Å². The zero-order chi connectivity index (χ0) is 26.4. The highest BCUT2D eigenvalue weighted by Crippen LogP contribution is 2.44. The van der Waals surface area contributed by atoms with Gasteiger partial charge in [0.05, 0.1) is 30.9 Å². The van der Waals surface area contributed by atoms with Crippen LogP contribution in [-0.4, -0.2) is 42.9 Å². The van der Waals surface area contributed by atoms with Crippen molar-refractivity contribution < 1.29 is 31.8 Å². The number of nitrogens with zero attached hydrogens (tertiary/aromatic N) is 1. The number of hydrogen-bond acceptors (Lipinski definition) is 3. The molecule has 0 spiro atoms. The lowest BCUT2D eigenvalue weighted by Crippen LogP contribution is -2.56. The van der Waals surface area contributed by atoms with Gasteiger partial charge >= 0.3 is 12.3 Å². The maximum atomic E-state index is 13.8. The average Bonchev–Trinajstić information content (AvgIpc) is 3.20. The standard InChI is InChI=1S/C30H25F4NO3/c31-20-9-10-28(30(32,33)34)19(14-20)11-18-12-21-15-37-16-22(13-18)35(21)29(36)38-17-27-25-7-3-1-5-23(25)24-6-2-4-8-26(24)27/h1-10,12,14,21-22,27H,11,13,15-17H2. The SMILES string of the molecule is O=C(OCC1c2ccccc2-c2ccccc21)N1C2C=C(Cc3cc(F)ccc3C(F)(F)F)CC1COC2. The molecule has 2 unspecified atom stereocenters. The molecule has 4 nitrogen and oxygen atoms in total. The van der Waals surface area contributed by atoms with Crippen LogP contribution in [0.2, 0.25) is 0 Å². The van der Waals surface area contributed by atoms with Crippen molar-refractivity contribution in [3.63, 3.8) is 0 Å². The van der Waals surface area contributed by atoms with Gasteiger partial charge < -0.3 is 9.47 Å². The van der Waals surface area contributed by atoms with E-state index in [1.807, 2.05) is 36.4 Å². The van der Waals surface area contributed by atoms with Crippen LogP contribution in [0.15, 0.2) is 78.4 Å². The Bertz CT molecular complexity index is 1370. The van der Waals surface area contributed by atoms with Crippen LogP contribution in [0.4, 0.5) is 22.4 Å². The summed E-state index contributed by atoms with van der Waals surface area (Å²) >= 11 is 0. The van der Waals surface area contributed by atoms with Gasteiger partial charge in [-0.1, -0.05) is 60.2 Å². The largest absolute Gasteiger partial charge is 0.448 e. The topological polar surface area (TPSA) is 38.8 Å². The maximum absolute atomic E-state index is 13.8. The molecule has 3 aromatic rings. The molecule has 2 aliphatic heterocycles. The van der Waals surface area contributed by atoms with Crippen molar-refractivity contribution >= 4 is 6.09 Å². The second kappa shape index (κ2) is 9.58. The monoisotopic (exact) mass is 523 g/mol. The molecule has 3 aliphatic rings. The summed E-state index contributed by atoms with van der Waals surface area (Å²) in [5.41, 5.74) is 4.26. The average molecular weight is 524 g/mol. The number of ether oxygens (including phenoxy) is 2. The van der Waals surface area contributed by atoms with E-state index in [1.165, 1.54) is 0 Å². The van der Waals surface area contributed by atoms with Crippen LogP contribution >= 0.6 is 0 Å². The molecule has 1 saturated heterocycles. The summed E-state index contributed by atoms with van der Waals surface area (Å²) in [6.07, 6.45) is -3.00. The molecule has 2 bridgehead atoms. The number of carbonyl (C=O) groups is 1. The van der Waals surface area contributed by atoms with Gasteiger partial charge in [0.2, 0.25) is 0 Å². The van der Waals surface area contributed by atoms with Gasteiger partial charge in [0.1, 0.15) is 12.4 Å². The van der Waals surface area contributed by atoms with E-state index in [-0.39, 0.29) is 43.8 Å². The summed E-state index contributed by atoms with van der Waals surface area (Å²) < 4.78 is 65.8. The van der Waals surface area contributed by atoms with E-state index in [0.717, 1.165) is 46.0 Å². The Kier molecular flexibility index (Phi) is 6.22. The van der Waals surface area contributed by atoms with E-state index >= 15 is 0 Å². The molecule has 6 rings (SSSR count). The Morgan fingerprint density at radius 2 is 1.66 bits per heavy atom. The van der Waals surface area contributed by atoms with E-state index in [4.69, 9.17) is 9.47 Å². The third-order valence-corrected chi connectivity index (χ3v) is 7.61. The van der Waals surface area contributed by atoms with Crippen LogP contribution in [0.5, 0.6) is 0 Å². The quantitative estimate of drug-likeness (QED) is 0.281. The number of halogens is 4. The first kappa shape index (κ1) is 24.7. The van der Waals surface area contributed by atoms with Crippen molar-refractivity contribution in [1.29, 1.82) is 0 Å². The predicted molar refractivity (Wildman–Crippen MR) is 133 cm³/mol. The highest BCUT2D eigenvalue weighted by Gasteiger charge is 2.40. The fourth-order valence-corrected chi connectivity index (χ4v) is 6.00. The zero-order valence-corrected chi connectivity index (χ0v) is 20.4. The van der Waals surface area contributed by atoms with Crippen molar-refractivity contribution in [3.8, 4) is 11.1 Å². The number of benzene rings is 3.